The SMILES string of the molecule is COCC(NC(=O)c1ccnc(OCC(F)(F)F)c1)C(=O)O. The Bertz CT molecular complexity index is 536. The van der Waals surface area contributed by atoms with Crippen molar-refractivity contribution in [2.45, 2.75) is 12.2 Å². The minimum Gasteiger partial charge on any atom is -0.480 e. The van der Waals surface area contributed by atoms with Gasteiger partial charge in [0.1, 0.15) is 0 Å². The molecule has 0 aliphatic carbocycles. The van der Waals surface area contributed by atoms with Gasteiger partial charge in [-0.1, -0.05) is 0 Å². The van der Waals surface area contributed by atoms with E-state index in [0.29, 0.717) is 0 Å². The Morgan fingerprint density at radius 2 is 2.14 bits per heavy atom. The molecule has 1 rings (SSSR count). The number of aliphatic carboxylic acids is 1. The number of rotatable bonds is 7. The second-order valence-electron chi connectivity index (χ2n) is 4.11. The minimum atomic E-state index is -4.53. The first-order valence-corrected chi connectivity index (χ1v) is 5.91. The highest BCUT2D eigenvalue weighted by Crippen LogP contribution is 2.17. The normalized spacial score (nSPS) is 12.5. The molecule has 0 aliphatic heterocycles. The third kappa shape index (κ3) is 5.95. The minimum absolute atomic E-state index is 0.0884. The van der Waals surface area contributed by atoms with Crippen LogP contribution < -0.4 is 10.1 Å². The number of halogens is 3. The van der Waals surface area contributed by atoms with E-state index < -0.39 is 36.6 Å². The fourth-order valence-corrected chi connectivity index (χ4v) is 1.37. The summed E-state index contributed by atoms with van der Waals surface area (Å²) in [6, 6.07) is 0.902. The number of carboxylic acids is 1. The number of alkyl halides is 3. The van der Waals surface area contributed by atoms with Crippen LogP contribution in [0.5, 0.6) is 5.88 Å². The number of hydrogen-bond donors (Lipinski definition) is 2. The molecule has 0 radical (unpaired) electrons. The molecule has 7 nitrogen and oxygen atoms in total. The molecule has 1 atom stereocenters. The van der Waals surface area contributed by atoms with Crippen molar-refractivity contribution in [3.63, 3.8) is 0 Å². The molecule has 0 saturated carbocycles. The number of pyridine rings is 1. The number of ether oxygens (including phenoxy) is 2. The van der Waals surface area contributed by atoms with Gasteiger partial charge in [-0.2, -0.15) is 13.2 Å². The van der Waals surface area contributed by atoms with Gasteiger partial charge in [-0.25, -0.2) is 9.78 Å². The van der Waals surface area contributed by atoms with Crippen LogP contribution in [0.3, 0.4) is 0 Å². The second-order valence-corrected chi connectivity index (χ2v) is 4.11. The first kappa shape index (κ1) is 17.7. The van der Waals surface area contributed by atoms with E-state index >= 15 is 0 Å². The predicted molar refractivity (Wildman–Crippen MR) is 66.6 cm³/mol. The molecule has 0 spiro atoms. The van der Waals surface area contributed by atoms with E-state index in [9.17, 15) is 22.8 Å². The van der Waals surface area contributed by atoms with Gasteiger partial charge in [-0.05, 0) is 6.07 Å². The summed E-state index contributed by atoms with van der Waals surface area (Å²) in [7, 11) is 1.26. The zero-order valence-corrected chi connectivity index (χ0v) is 11.4. The molecular formula is C12H13F3N2O5. The molecule has 1 heterocycles. The number of amides is 1. The van der Waals surface area contributed by atoms with Crippen LogP contribution >= 0.6 is 0 Å². The second kappa shape index (κ2) is 7.59. The molecule has 0 aromatic carbocycles. The third-order valence-electron chi connectivity index (χ3n) is 2.32. The Morgan fingerprint density at radius 3 is 2.68 bits per heavy atom. The number of nitrogens with zero attached hydrogens (tertiary/aromatic N) is 1. The Labute approximate surface area is 123 Å². The van der Waals surface area contributed by atoms with Crippen molar-refractivity contribution in [3.05, 3.63) is 23.9 Å². The van der Waals surface area contributed by atoms with Crippen LogP contribution in [0.25, 0.3) is 0 Å². The van der Waals surface area contributed by atoms with Gasteiger partial charge in [0.25, 0.3) is 5.91 Å². The van der Waals surface area contributed by atoms with Crippen molar-refractivity contribution < 1.29 is 37.3 Å². The van der Waals surface area contributed by atoms with E-state index in [0.717, 1.165) is 12.3 Å². The zero-order chi connectivity index (χ0) is 16.8. The van der Waals surface area contributed by atoms with E-state index in [4.69, 9.17) is 5.11 Å². The molecule has 0 fully saturated rings. The van der Waals surface area contributed by atoms with Crippen LogP contribution in [0.15, 0.2) is 18.3 Å². The van der Waals surface area contributed by atoms with Crippen LogP contribution in [-0.2, 0) is 9.53 Å². The van der Waals surface area contributed by atoms with E-state index in [-0.39, 0.29) is 12.2 Å². The molecule has 1 aromatic rings. The molecule has 1 amide bonds. The molecule has 10 heteroatoms. The summed E-state index contributed by atoms with van der Waals surface area (Å²) in [5, 5.41) is 11.0. The molecule has 0 bridgehead atoms. The molecule has 22 heavy (non-hydrogen) atoms. The lowest BCUT2D eigenvalue weighted by Crippen LogP contribution is -2.43. The van der Waals surface area contributed by atoms with Gasteiger partial charge in [0.2, 0.25) is 5.88 Å². The molecule has 122 valence electrons. The van der Waals surface area contributed by atoms with E-state index in [1.165, 1.54) is 13.2 Å². The first-order chi connectivity index (χ1) is 10.2. The molecule has 1 unspecified atom stereocenters. The Kier molecular flexibility index (Phi) is 6.11. The number of methoxy groups -OCH3 is 1. The van der Waals surface area contributed by atoms with Gasteiger partial charge in [0, 0.05) is 24.9 Å². The molecule has 0 saturated heterocycles. The Balaban J connectivity index is 2.75. The van der Waals surface area contributed by atoms with E-state index in [1.807, 2.05) is 0 Å². The average molecular weight is 322 g/mol. The van der Waals surface area contributed by atoms with E-state index in [1.54, 1.807) is 0 Å². The maximum atomic E-state index is 12.0. The highest BCUT2D eigenvalue weighted by molar-refractivity contribution is 5.96. The smallest absolute Gasteiger partial charge is 0.422 e. The van der Waals surface area contributed by atoms with Crippen LogP contribution in [0.1, 0.15) is 10.4 Å². The highest BCUT2D eigenvalue weighted by Gasteiger charge is 2.29. The van der Waals surface area contributed by atoms with Crippen molar-refractivity contribution in [1.82, 2.24) is 10.3 Å². The van der Waals surface area contributed by atoms with Crippen LogP contribution in [0.4, 0.5) is 13.2 Å². The van der Waals surface area contributed by atoms with Crippen LogP contribution in [-0.4, -0.2) is 54.5 Å². The number of hydrogen-bond acceptors (Lipinski definition) is 5. The lowest BCUT2D eigenvalue weighted by atomic mass is 10.2. The van der Waals surface area contributed by atoms with Crippen molar-refractivity contribution in [3.8, 4) is 5.88 Å². The Morgan fingerprint density at radius 1 is 1.45 bits per heavy atom. The van der Waals surface area contributed by atoms with E-state index in [2.05, 4.69) is 19.8 Å². The van der Waals surface area contributed by atoms with Crippen molar-refractivity contribution >= 4 is 11.9 Å². The van der Waals surface area contributed by atoms with Gasteiger partial charge >= 0.3 is 12.1 Å². The summed E-state index contributed by atoms with van der Waals surface area (Å²) in [4.78, 5) is 26.3. The summed E-state index contributed by atoms with van der Waals surface area (Å²) in [5.74, 6) is -2.51. The summed E-state index contributed by atoms with van der Waals surface area (Å²) in [5.41, 5.74) is -0.0884. The number of carbonyl (C=O) groups is 2. The fourth-order valence-electron chi connectivity index (χ4n) is 1.37. The van der Waals surface area contributed by atoms with Crippen molar-refractivity contribution in [1.29, 1.82) is 0 Å². The fraction of sp³-hybridized carbons (Fsp3) is 0.417. The maximum absolute atomic E-state index is 12.0. The predicted octanol–water partition coefficient (Wildman–Crippen LogP) is 0.852. The first-order valence-electron chi connectivity index (χ1n) is 5.91. The highest BCUT2D eigenvalue weighted by atomic mass is 19.4. The van der Waals surface area contributed by atoms with Gasteiger partial charge in [-0.15, -0.1) is 0 Å². The maximum Gasteiger partial charge on any atom is 0.422 e. The van der Waals surface area contributed by atoms with Gasteiger partial charge in [-0.3, -0.25) is 4.79 Å². The van der Waals surface area contributed by atoms with Gasteiger partial charge in [0.15, 0.2) is 12.6 Å². The topological polar surface area (TPSA) is 97.8 Å². The summed E-state index contributed by atoms with van der Waals surface area (Å²) in [6.45, 7) is -1.81. The third-order valence-corrected chi connectivity index (χ3v) is 2.32. The summed E-state index contributed by atoms with van der Waals surface area (Å²) < 4.78 is 45.2. The number of carbonyl (C=O) groups excluding carboxylic acids is 1. The Hall–Kier alpha value is -2.36. The van der Waals surface area contributed by atoms with Gasteiger partial charge < -0.3 is 19.9 Å². The van der Waals surface area contributed by atoms with Crippen LogP contribution in [0.2, 0.25) is 0 Å². The standard InChI is InChI=1S/C12H13F3N2O5/c1-21-5-8(11(19)20)17-10(18)7-2-3-16-9(4-7)22-6-12(13,14)15/h2-4,8H,5-6H2,1H3,(H,17,18)(H,19,20). The number of nitrogens with one attached hydrogen (secondary N) is 1. The van der Waals surface area contributed by atoms with Crippen molar-refractivity contribution in [2.24, 2.45) is 0 Å². The lowest BCUT2D eigenvalue weighted by molar-refractivity contribution is -0.154. The number of carboxylic acid groups (broad SMARTS) is 1. The molecule has 0 aliphatic rings. The lowest BCUT2D eigenvalue weighted by Gasteiger charge is -2.14. The van der Waals surface area contributed by atoms with Crippen molar-refractivity contribution in [2.75, 3.05) is 20.3 Å². The zero-order valence-electron chi connectivity index (χ0n) is 11.4. The summed E-state index contributed by atoms with van der Waals surface area (Å²) >= 11 is 0. The summed E-state index contributed by atoms with van der Waals surface area (Å²) in [6.07, 6.45) is -3.46. The van der Waals surface area contributed by atoms with Crippen LogP contribution in [0, 0.1) is 0 Å². The largest absolute Gasteiger partial charge is 0.480 e. The monoisotopic (exact) mass is 322 g/mol. The number of aromatic nitrogens is 1. The quantitative estimate of drug-likeness (QED) is 0.772. The molecular weight excluding hydrogens is 309 g/mol. The molecule has 1 aromatic heterocycles. The molecule has 2 N–H and O–H groups in total. The van der Waals surface area contributed by atoms with Gasteiger partial charge in [0.05, 0.1) is 6.61 Å². The average Bonchev–Trinajstić information content (AvgIpc) is 2.44.